The molecule has 0 aliphatic rings. The molecular formula is C9H14F3N3O. The molecule has 0 aliphatic carbocycles. The lowest BCUT2D eigenvalue weighted by molar-refractivity contribution is -0.145. The van der Waals surface area contributed by atoms with Crippen molar-refractivity contribution < 1.29 is 18.3 Å². The van der Waals surface area contributed by atoms with Crippen LogP contribution >= 0.6 is 0 Å². The molecule has 0 atom stereocenters. The summed E-state index contributed by atoms with van der Waals surface area (Å²) in [5, 5.41) is 15.5. The first kappa shape index (κ1) is 13.0. The van der Waals surface area contributed by atoms with Crippen LogP contribution in [-0.2, 0) is 19.3 Å². The Hall–Kier alpha value is -1.11. The Kier molecular flexibility index (Phi) is 3.90. The predicted octanol–water partition coefficient (Wildman–Crippen LogP) is 1.84. The van der Waals surface area contributed by atoms with Gasteiger partial charge < -0.3 is 5.11 Å². The van der Waals surface area contributed by atoms with E-state index in [1.165, 1.54) is 0 Å². The van der Waals surface area contributed by atoms with E-state index >= 15 is 0 Å². The lowest BCUT2D eigenvalue weighted by Crippen LogP contribution is -2.17. The summed E-state index contributed by atoms with van der Waals surface area (Å²) in [6.45, 7) is 3.23. The smallest absolute Gasteiger partial charge is 0.390 e. The molecule has 0 bridgehead atoms. The number of aliphatic hydroxyl groups excluding tert-OH is 1. The number of nitrogens with zero attached hydrogens (tertiary/aromatic N) is 3. The summed E-state index contributed by atoms with van der Waals surface area (Å²) < 4.78 is 38.7. The zero-order valence-electron chi connectivity index (χ0n) is 9.12. The van der Waals surface area contributed by atoms with Gasteiger partial charge in [0, 0.05) is 6.54 Å². The molecule has 1 aromatic heterocycles. The average molecular weight is 237 g/mol. The van der Waals surface area contributed by atoms with Crippen LogP contribution in [0, 0.1) is 5.92 Å². The van der Waals surface area contributed by atoms with Crippen LogP contribution < -0.4 is 0 Å². The van der Waals surface area contributed by atoms with Crippen LogP contribution in [0.2, 0.25) is 0 Å². The molecule has 0 radical (unpaired) electrons. The minimum atomic E-state index is -4.53. The molecule has 0 saturated carbocycles. The first-order chi connectivity index (χ1) is 7.36. The quantitative estimate of drug-likeness (QED) is 0.869. The van der Waals surface area contributed by atoms with E-state index in [9.17, 15) is 13.2 Å². The molecule has 4 nitrogen and oxygen atoms in total. The summed E-state index contributed by atoms with van der Waals surface area (Å²) in [6, 6.07) is 0. The first-order valence-electron chi connectivity index (χ1n) is 4.96. The molecule has 1 heterocycles. The molecule has 7 heteroatoms. The Morgan fingerprint density at radius 2 is 2.00 bits per heavy atom. The maximum absolute atomic E-state index is 12.6. The fraction of sp³-hybridized carbons (Fsp3) is 0.778. The van der Waals surface area contributed by atoms with Gasteiger partial charge in [-0.05, 0) is 12.3 Å². The van der Waals surface area contributed by atoms with Crippen molar-refractivity contribution >= 4 is 0 Å². The molecule has 1 N–H and O–H groups in total. The number of aliphatic hydroxyl groups is 1. The molecule has 0 saturated heterocycles. The number of aryl methyl sites for hydroxylation is 1. The molecule has 92 valence electrons. The summed E-state index contributed by atoms with van der Waals surface area (Å²) in [7, 11) is 0. The van der Waals surface area contributed by atoms with Crippen LogP contribution in [0.1, 0.15) is 31.7 Å². The molecular weight excluding hydrogens is 223 g/mol. The zero-order chi connectivity index (χ0) is 12.3. The second-order valence-electron chi connectivity index (χ2n) is 3.95. The third kappa shape index (κ3) is 2.94. The van der Waals surface area contributed by atoms with Crippen molar-refractivity contribution in [3.05, 3.63) is 11.4 Å². The molecule has 0 unspecified atom stereocenters. The highest BCUT2D eigenvalue weighted by Crippen LogP contribution is 2.31. The number of hydrogen-bond donors (Lipinski definition) is 1. The third-order valence-corrected chi connectivity index (χ3v) is 2.14. The second kappa shape index (κ2) is 4.82. The van der Waals surface area contributed by atoms with Crippen LogP contribution in [0.15, 0.2) is 0 Å². The van der Waals surface area contributed by atoms with Crippen LogP contribution in [0.4, 0.5) is 13.2 Å². The number of aromatic nitrogens is 3. The molecule has 0 fully saturated rings. The normalized spacial score (nSPS) is 12.4. The van der Waals surface area contributed by atoms with E-state index in [0.717, 1.165) is 4.68 Å². The molecule has 1 rings (SSSR count). The first-order valence-corrected chi connectivity index (χ1v) is 4.96. The van der Waals surface area contributed by atoms with Gasteiger partial charge in [-0.3, -0.25) is 0 Å². The van der Waals surface area contributed by atoms with Gasteiger partial charge in [0.1, 0.15) is 5.69 Å². The van der Waals surface area contributed by atoms with Gasteiger partial charge >= 0.3 is 6.18 Å². The summed E-state index contributed by atoms with van der Waals surface area (Å²) in [5.41, 5.74) is -1.37. The van der Waals surface area contributed by atoms with Gasteiger partial charge in [0.15, 0.2) is 5.69 Å². The van der Waals surface area contributed by atoms with Crippen molar-refractivity contribution in [1.82, 2.24) is 15.0 Å². The summed E-state index contributed by atoms with van der Waals surface area (Å²) in [6.07, 6.45) is -3.95. The Balaban J connectivity index is 2.96. The Bertz CT molecular complexity index is 346. The molecule has 16 heavy (non-hydrogen) atoms. The van der Waals surface area contributed by atoms with Crippen molar-refractivity contribution in [2.75, 3.05) is 0 Å². The van der Waals surface area contributed by atoms with E-state index in [2.05, 4.69) is 10.3 Å². The molecule has 0 spiro atoms. The number of hydrogen-bond acceptors (Lipinski definition) is 3. The Labute approximate surface area is 91.1 Å². The number of rotatable bonds is 4. The lowest BCUT2D eigenvalue weighted by Gasteiger charge is -2.11. The molecule has 0 amide bonds. The molecule has 0 aromatic carbocycles. The van der Waals surface area contributed by atoms with Gasteiger partial charge in [0.25, 0.3) is 0 Å². The van der Waals surface area contributed by atoms with Crippen molar-refractivity contribution in [3.8, 4) is 0 Å². The average Bonchev–Trinajstić information content (AvgIpc) is 2.56. The van der Waals surface area contributed by atoms with E-state index in [1.54, 1.807) is 0 Å². The lowest BCUT2D eigenvalue weighted by atomic mass is 10.1. The van der Waals surface area contributed by atoms with Gasteiger partial charge in [0.2, 0.25) is 0 Å². The maximum atomic E-state index is 12.6. The fourth-order valence-corrected chi connectivity index (χ4v) is 1.30. The summed E-state index contributed by atoms with van der Waals surface area (Å²) in [4.78, 5) is 0. The maximum Gasteiger partial charge on any atom is 0.435 e. The van der Waals surface area contributed by atoms with Crippen LogP contribution in [0.3, 0.4) is 0 Å². The van der Waals surface area contributed by atoms with Gasteiger partial charge in [-0.1, -0.05) is 19.1 Å². The standard InChI is InChI=1S/C9H14F3N3O/c1-6(2)3-4-15-8(9(10,11)12)7(5-16)13-14-15/h6,16H,3-5H2,1-2H3. The highest BCUT2D eigenvalue weighted by atomic mass is 19.4. The summed E-state index contributed by atoms with van der Waals surface area (Å²) >= 11 is 0. The SMILES string of the molecule is CC(C)CCn1nnc(CO)c1C(F)(F)F. The third-order valence-electron chi connectivity index (χ3n) is 2.14. The minimum absolute atomic E-state index is 0.152. The van der Waals surface area contributed by atoms with E-state index in [0.29, 0.717) is 6.42 Å². The summed E-state index contributed by atoms with van der Waals surface area (Å²) in [5.74, 6) is 0.280. The second-order valence-corrected chi connectivity index (χ2v) is 3.95. The van der Waals surface area contributed by atoms with Crippen molar-refractivity contribution in [2.24, 2.45) is 5.92 Å². The van der Waals surface area contributed by atoms with Crippen molar-refractivity contribution in [2.45, 2.75) is 39.6 Å². The number of alkyl halides is 3. The highest BCUT2D eigenvalue weighted by molar-refractivity contribution is 5.12. The minimum Gasteiger partial charge on any atom is -0.390 e. The van der Waals surface area contributed by atoms with E-state index in [1.807, 2.05) is 13.8 Å². The van der Waals surface area contributed by atoms with Crippen LogP contribution in [0.25, 0.3) is 0 Å². The largest absolute Gasteiger partial charge is 0.435 e. The van der Waals surface area contributed by atoms with E-state index in [-0.39, 0.29) is 12.5 Å². The predicted molar refractivity (Wildman–Crippen MR) is 50.4 cm³/mol. The molecule has 0 aliphatic heterocycles. The monoisotopic (exact) mass is 237 g/mol. The van der Waals surface area contributed by atoms with Crippen LogP contribution in [0.5, 0.6) is 0 Å². The Morgan fingerprint density at radius 3 is 2.44 bits per heavy atom. The topological polar surface area (TPSA) is 50.9 Å². The van der Waals surface area contributed by atoms with Crippen molar-refractivity contribution in [1.29, 1.82) is 0 Å². The van der Waals surface area contributed by atoms with Crippen molar-refractivity contribution in [3.63, 3.8) is 0 Å². The fourth-order valence-electron chi connectivity index (χ4n) is 1.30. The van der Waals surface area contributed by atoms with E-state index in [4.69, 9.17) is 5.11 Å². The highest BCUT2D eigenvalue weighted by Gasteiger charge is 2.38. The number of halogens is 3. The Morgan fingerprint density at radius 1 is 1.38 bits per heavy atom. The van der Waals surface area contributed by atoms with Crippen LogP contribution in [-0.4, -0.2) is 20.1 Å². The molecule has 1 aromatic rings. The zero-order valence-corrected chi connectivity index (χ0v) is 9.12. The van der Waals surface area contributed by atoms with Gasteiger partial charge in [-0.25, -0.2) is 4.68 Å². The van der Waals surface area contributed by atoms with E-state index < -0.39 is 24.2 Å². The van der Waals surface area contributed by atoms with Gasteiger partial charge in [0.05, 0.1) is 6.61 Å². The van der Waals surface area contributed by atoms with Gasteiger partial charge in [-0.2, -0.15) is 13.2 Å². The van der Waals surface area contributed by atoms with Gasteiger partial charge in [-0.15, -0.1) is 5.10 Å².